The zero-order chi connectivity index (χ0) is 12.7. The average Bonchev–Trinajstić information content (AvgIpc) is 2.31. The lowest BCUT2D eigenvalue weighted by atomic mass is 10.2. The Morgan fingerprint density at radius 2 is 2.24 bits per heavy atom. The van der Waals surface area contributed by atoms with Crippen LogP contribution in [0.25, 0.3) is 0 Å². The summed E-state index contributed by atoms with van der Waals surface area (Å²) in [6, 6.07) is 5.67. The third-order valence-corrected chi connectivity index (χ3v) is 3.24. The van der Waals surface area contributed by atoms with Crippen LogP contribution in [0.15, 0.2) is 22.7 Å². The van der Waals surface area contributed by atoms with Gasteiger partial charge in [0, 0.05) is 11.0 Å². The number of rotatable bonds is 6. The molecule has 3 nitrogen and oxygen atoms in total. The van der Waals surface area contributed by atoms with Crippen LogP contribution in [0.1, 0.15) is 25.3 Å². The first kappa shape index (κ1) is 14.0. The Balaban J connectivity index is 2.34. The molecule has 0 bridgehead atoms. The second kappa shape index (κ2) is 7.33. The van der Waals surface area contributed by atoms with Gasteiger partial charge in [-0.25, -0.2) is 0 Å². The minimum absolute atomic E-state index is 0.0704. The SMILES string of the molecule is CCCCNC(=O)COc1ccc(Br)c(C)c1. The first-order chi connectivity index (χ1) is 8.13. The number of unbranched alkanes of at least 4 members (excludes halogenated alkanes) is 1. The summed E-state index contributed by atoms with van der Waals surface area (Å²) in [5.74, 6) is 0.648. The summed E-state index contributed by atoms with van der Waals surface area (Å²) in [5, 5.41) is 2.81. The number of amides is 1. The molecular formula is C13H18BrNO2. The van der Waals surface area contributed by atoms with Crippen LogP contribution < -0.4 is 10.1 Å². The number of ether oxygens (including phenoxy) is 1. The molecule has 0 aliphatic heterocycles. The fourth-order valence-corrected chi connectivity index (χ4v) is 1.56. The summed E-state index contributed by atoms with van der Waals surface area (Å²) in [5.41, 5.74) is 1.09. The molecule has 0 saturated heterocycles. The molecule has 0 saturated carbocycles. The van der Waals surface area contributed by atoms with E-state index in [9.17, 15) is 4.79 Å². The maximum Gasteiger partial charge on any atom is 0.257 e. The maximum atomic E-state index is 11.4. The Hall–Kier alpha value is -1.03. The highest BCUT2D eigenvalue weighted by atomic mass is 79.9. The number of halogens is 1. The van der Waals surface area contributed by atoms with E-state index in [-0.39, 0.29) is 12.5 Å². The number of hydrogen-bond acceptors (Lipinski definition) is 2. The van der Waals surface area contributed by atoms with Crippen molar-refractivity contribution >= 4 is 21.8 Å². The summed E-state index contributed by atoms with van der Waals surface area (Å²) in [7, 11) is 0. The fraction of sp³-hybridized carbons (Fsp3) is 0.462. The van der Waals surface area contributed by atoms with E-state index in [1.54, 1.807) is 0 Å². The molecule has 17 heavy (non-hydrogen) atoms. The van der Waals surface area contributed by atoms with E-state index >= 15 is 0 Å². The number of benzene rings is 1. The third-order valence-electron chi connectivity index (χ3n) is 2.35. The Morgan fingerprint density at radius 3 is 2.88 bits per heavy atom. The van der Waals surface area contributed by atoms with Gasteiger partial charge in [-0.3, -0.25) is 4.79 Å². The monoisotopic (exact) mass is 299 g/mol. The number of aryl methyl sites for hydroxylation is 1. The van der Waals surface area contributed by atoms with Crippen molar-refractivity contribution in [3.8, 4) is 5.75 Å². The molecule has 1 aromatic carbocycles. The van der Waals surface area contributed by atoms with Gasteiger partial charge in [-0.05, 0) is 37.1 Å². The molecule has 0 fully saturated rings. The van der Waals surface area contributed by atoms with Gasteiger partial charge in [-0.15, -0.1) is 0 Å². The topological polar surface area (TPSA) is 38.3 Å². The van der Waals surface area contributed by atoms with E-state index in [1.165, 1.54) is 0 Å². The second-order valence-corrected chi connectivity index (χ2v) is 4.76. The lowest BCUT2D eigenvalue weighted by Crippen LogP contribution is -2.29. The molecular weight excluding hydrogens is 282 g/mol. The summed E-state index contributed by atoms with van der Waals surface area (Å²) in [6.45, 7) is 4.87. The average molecular weight is 300 g/mol. The summed E-state index contributed by atoms with van der Waals surface area (Å²) in [4.78, 5) is 11.4. The Kier molecular flexibility index (Phi) is 6.05. The van der Waals surface area contributed by atoms with Crippen LogP contribution in [0.4, 0.5) is 0 Å². The van der Waals surface area contributed by atoms with Crippen LogP contribution in [-0.4, -0.2) is 19.1 Å². The predicted molar refractivity (Wildman–Crippen MR) is 72.3 cm³/mol. The predicted octanol–water partition coefficient (Wildman–Crippen LogP) is 3.05. The number of hydrogen-bond donors (Lipinski definition) is 1. The van der Waals surface area contributed by atoms with Crippen LogP contribution in [0.3, 0.4) is 0 Å². The van der Waals surface area contributed by atoms with E-state index in [0.717, 1.165) is 35.2 Å². The molecule has 4 heteroatoms. The van der Waals surface area contributed by atoms with E-state index in [1.807, 2.05) is 25.1 Å². The molecule has 0 unspecified atom stereocenters. The lowest BCUT2D eigenvalue weighted by molar-refractivity contribution is -0.123. The highest BCUT2D eigenvalue weighted by Gasteiger charge is 2.03. The third kappa shape index (κ3) is 5.22. The van der Waals surface area contributed by atoms with Crippen LogP contribution in [0, 0.1) is 6.92 Å². The Labute approximate surface area is 111 Å². The van der Waals surface area contributed by atoms with Gasteiger partial charge in [0.1, 0.15) is 5.75 Å². The first-order valence-corrected chi connectivity index (χ1v) is 6.58. The summed E-state index contributed by atoms with van der Waals surface area (Å²) in [6.07, 6.45) is 2.08. The normalized spacial score (nSPS) is 10.1. The van der Waals surface area contributed by atoms with E-state index in [2.05, 4.69) is 28.2 Å². The van der Waals surface area contributed by atoms with Gasteiger partial charge in [0.15, 0.2) is 6.61 Å². The van der Waals surface area contributed by atoms with Crippen LogP contribution in [0.2, 0.25) is 0 Å². The Bertz CT molecular complexity index is 380. The van der Waals surface area contributed by atoms with E-state index in [4.69, 9.17) is 4.74 Å². The quantitative estimate of drug-likeness (QED) is 0.820. The van der Waals surface area contributed by atoms with Gasteiger partial charge in [0.2, 0.25) is 0 Å². The van der Waals surface area contributed by atoms with Crippen molar-refractivity contribution in [3.05, 3.63) is 28.2 Å². The largest absolute Gasteiger partial charge is 0.484 e. The van der Waals surface area contributed by atoms with Crippen LogP contribution in [-0.2, 0) is 4.79 Å². The second-order valence-electron chi connectivity index (χ2n) is 3.90. The molecule has 0 aromatic heterocycles. The highest BCUT2D eigenvalue weighted by molar-refractivity contribution is 9.10. The molecule has 1 rings (SSSR count). The summed E-state index contributed by atoms with van der Waals surface area (Å²) >= 11 is 3.42. The molecule has 0 radical (unpaired) electrons. The molecule has 94 valence electrons. The van der Waals surface area contributed by atoms with Crippen molar-refractivity contribution < 1.29 is 9.53 Å². The van der Waals surface area contributed by atoms with Gasteiger partial charge in [0.05, 0.1) is 0 Å². The van der Waals surface area contributed by atoms with E-state index in [0.29, 0.717) is 0 Å². The molecule has 0 atom stereocenters. The van der Waals surface area contributed by atoms with Gasteiger partial charge >= 0.3 is 0 Å². The smallest absolute Gasteiger partial charge is 0.257 e. The van der Waals surface area contributed by atoms with Gasteiger partial charge in [-0.1, -0.05) is 29.3 Å². The number of carbonyl (C=O) groups is 1. The van der Waals surface area contributed by atoms with Crippen molar-refractivity contribution in [2.75, 3.05) is 13.2 Å². The van der Waals surface area contributed by atoms with Crippen molar-refractivity contribution in [3.63, 3.8) is 0 Å². The molecule has 1 N–H and O–H groups in total. The van der Waals surface area contributed by atoms with Crippen LogP contribution in [0.5, 0.6) is 5.75 Å². The van der Waals surface area contributed by atoms with Crippen LogP contribution >= 0.6 is 15.9 Å². The van der Waals surface area contributed by atoms with Crippen molar-refractivity contribution in [1.29, 1.82) is 0 Å². The van der Waals surface area contributed by atoms with Gasteiger partial charge in [0.25, 0.3) is 5.91 Å². The lowest BCUT2D eigenvalue weighted by Gasteiger charge is -2.08. The van der Waals surface area contributed by atoms with Crippen molar-refractivity contribution in [2.45, 2.75) is 26.7 Å². The molecule has 0 aliphatic carbocycles. The van der Waals surface area contributed by atoms with Gasteiger partial charge < -0.3 is 10.1 Å². The zero-order valence-corrected chi connectivity index (χ0v) is 11.8. The minimum atomic E-state index is -0.0704. The molecule has 1 amide bonds. The standard InChI is InChI=1S/C13H18BrNO2/c1-3-4-7-15-13(16)9-17-11-5-6-12(14)10(2)8-11/h5-6,8H,3-4,7,9H2,1-2H3,(H,15,16). The highest BCUT2D eigenvalue weighted by Crippen LogP contribution is 2.21. The van der Waals surface area contributed by atoms with Gasteiger partial charge in [-0.2, -0.15) is 0 Å². The number of nitrogens with one attached hydrogen (secondary N) is 1. The molecule has 0 heterocycles. The molecule has 0 spiro atoms. The number of carbonyl (C=O) groups excluding carboxylic acids is 1. The minimum Gasteiger partial charge on any atom is -0.484 e. The van der Waals surface area contributed by atoms with Crippen molar-refractivity contribution in [1.82, 2.24) is 5.32 Å². The maximum absolute atomic E-state index is 11.4. The fourth-order valence-electron chi connectivity index (χ4n) is 1.31. The molecule has 0 aliphatic rings. The summed E-state index contributed by atoms with van der Waals surface area (Å²) < 4.78 is 6.44. The zero-order valence-electron chi connectivity index (χ0n) is 10.3. The Morgan fingerprint density at radius 1 is 1.47 bits per heavy atom. The molecule has 1 aromatic rings. The first-order valence-electron chi connectivity index (χ1n) is 5.79. The van der Waals surface area contributed by atoms with Crippen molar-refractivity contribution in [2.24, 2.45) is 0 Å². The van der Waals surface area contributed by atoms with E-state index < -0.39 is 0 Å².